The van der Waals surface area contributed by atoms with E-state index in [1.165, 1.54) is 0 Å². The van der Waals surface area contributed by atoms with Gasteiger partial charge in [0, 0.05) is 43.0 Å². The lowest BCUT2D eigenvalue weighted by Gasteiger charge is -2.36. The van der Waals surface area contributed by atoms with Crippen LogP contribution in [0.15, 0.2) is 82.0 Å². The van der Waals surface area contributed by atoms with Gasteiger partial charge in [-0.2, -0.15) is 0 Å². The van der Waals surface area contributed by atoms with Crippen LogP contribution in [0.1, 0.15) is 15.9 Å². The van der Waals surface area contributed by atoms with Crippen LogP contribution < -0.4 is 10.3 Å². The van der Waals surface area contributed by atoms with E-state index in [-0.39, 0.29) is 17.1 Å². The highest BCUT2D eigenvalue weighted by Gasteiger charge is 2.25. The summed E-state index contributed by atoms with van der Waals surface area (Å²) >= 11 is 0. The van der Waals surface area contributed by atoms with E-state index < -0.39 is 0 Å². The summed E-state index contributed by atoms with van der Waals surface area (Å²) in [4.78, 5) is 30.5. The van der Waals surface area contributed by atoms with Gasteiger partial charge in [-0.3, -0.25) is 9.59 Å². The summed E-state index contributed by atoms with van der Waals surface area (Å²) in [7, 11) is 0. The van der Waals surface area contributed by atoms with Crippen LogP contribution in [0, 0.1) is 6.92 Å². The minimum atomic E-state index is -0.142. The van der Waals surface area contributed by atoms with E-state index in [1.807, 2.05) is 42.5 Å². The largest absolute Gasteiger partial charge is 0.508 e. The molecule has 6 nitrogen and oxygen atoms in total. The average molecular weight is 440 g/mol. The first-order valence-electron chi connectivity index (χ1n) is 11.0. The number of para-hydroxylation sites is 1. The molecule has 2 heterocycles. The molecule has 1 aromatic heterocycles. The van der Waals surface area contributed by atoms with E-state index in [2.05, 4.69) is 4.90 Å². The van der Waals surface area contributed by atoms with Gasteiger partial charge in [0.2, 0.25) is 0 Å². The van der Waals surface area contributed by atoms with Gasteiger partial charge >= 0.3 is 0 Å². The monoisotopic (exact) mass is 440 g/mol. The van der Waals surface area contributed by atoms with Crippen molar-refractivity contribution in [3.63, 3.8) is 0 Å². The molecule has 1 aliphatic rings. The van der Waals surface area contributed by atoms with Crippen molar-refractivity contribution in [2.45, 2.75) is 6.92 Å². The van der Waals surface area contributed by atoms with Gasteiger partial charge in [-0.1, -0.05) is 36.4 Å². The fourth-order valence-corrected chi connectivity index (χ4v) is 4.34. The van der Waals surface area contributed by atoms with E-state index >= 15 is 0 Å². The maximum atomic E-state index is 13.5. The molecule has 33 heavy (non-hydrogen) atoms. The predicted molar refractivity (Wildman–Crippen MR) is 129 cm³/mol. The molecule has 0 bridgehead atoms. The first-order chi connectivity index (χ1) is 16.0. The molecule has 1 amide bonds. The van der Waals surface area contributed by atoms with Crippen molar-refractivity contribution >= 4 is 22.6 Å². The van der Waals surface area contributed by atoms with Crippen molar-refractivity contribution in [1.29, 1.82) is 0 Å². The first kappa shape index (κ1) is 20.8. The number of rotatable bonds is 3. The lowest BCUT2D eigenvalue weighted by atomic mass is 10.0. The molecule has 0 radical (unpaired) electrons. The van der Waals surface area contributed by atoms with E-state index in [0.717, 1.165) is 11.3 Å². The molecule has 166 valence electrons. The molecule has 0 aliphatic carbocycles. The van der Waals surface area contributed by atoms with Gasteiger partial charge in [-0.15, -0.1) is 0 Å². The Balaban J connectivity index is 1.46. The van der Waals surface area contributed by atoms with Crippen molar-refractivity contribution in [3.8, 4) is 17.1 Å². The maximum absolute atomic E-state index is 13.5. The van der Waals surface area contributed by atoms with E-state index in [4.69, 9.17) is 4.42 Å². The summed E-state index contributed by atoms with van der Waals surface area (Å²) in [5.74, 6) is 0.581. The van der Waals surface area contributed by atoms with Gasteiger partial charge < -0.3 is 19.3 Å². The zero-order valence-electron chi connectivity index (χ0n) is 18.3. The van der Waals surface area contributed by atoms with Crippen LogP contribution in [0.5, 0.6) is 5.75 Å². The number of amides is 1. The van der Waals surface area contributed by atoms with Crippen LogP contribution in [0.3, 0.4) is 0 Å². The Labute approximate surface area is 191 Å². The number of carbonyl (C=O) groups is 1. The Kier molecular flexibility index (Phi) is 5.34. The highest BCUT2D eigenvalue weighted by atomic mass is 16.3. The van der Waals surface area contributed by atoms with Gasteiger partial charge in [0.05, 0.1) is 10.9 Å². The SMILES string of the molecule is Cc1c(-c2ccccc2)oc2c(C(=O)N3CCN(c4ccc(O)cc4)CC3)cccc2c1=O. The number of fused-ring (bicyclic) bond motifs is 1. The molecular formula is C27H24N2O4. The van der Waals surface area contributed by atoms with Gasteiger partial charge in [-0.05, 0) is 43.3 Å². The second-order valence-electron chi connectivity index (χ2n) is 8.23. The maximum Gasteiger partial charge on any atom is 0.257 e. The summed E-state index contributed by atoms with van der Waals surface area (Å²) in [6, 6.07) is 21.7. The van der Waals surface area contributed by atoms with Crippen LogP contribution in [-0.2, 0) is 0 Å². The van der Waals surface area contributed by atoms with Crippen molar-refractivity contribution < 1.29 is 14.3 Å². The zero-order chi connectivity index (χ0) is 22.9. The number of benzene rings is 3. The van der Waals surface area contributed by atoms with Gasteiger partial charge in [0.15, 0.2) is 11.0 Å². The van der Waals surface area contributed by atoms with Gasteiger partial charge in [-0.25, -0.2) is 0 Å². The fourth-order valence-electron chi connectivity index (χ4n) is 4.34. The van der Waals surface area contributed by atoms with Crippen LogP contribution in [0.4, 0.5) is 5.69 Å². The predicted octanol–water partition coefficient (Wildman–Crippen LogP) is 4.44. The Morgan fingerprint density at radius 1 is 0.879 bits per heavy atom. The normalized spacial score (nSPS) is 14.0. The number of nitrogens with zero attached hydrogens (tertiary/aromatic N) is 2. The van der Waals surface area contributed by atoms with E-state index in [9.17, 15) is 14.7 Å². The topological polar surface area (TPSA) is 74.0 Å². The van der Waals surface area contributed by atoms with Crippen molar-refractivity contribution in [1.82, 2.24) is 4.90 Å². The lowest BCUT2D eigenvalue weighted by Crippen LogP contribution is -2.48. The highest BCUT2D eigenvalue weighted by molar-refractivity contribution is 6.05. The number of anilines is 1. The van der Waals surface area contributed by atoms with Crippen LogP contribution >= 0.6 is 0 Å². The number of phenolic OH excluding ortho intramolecular Hbond substituents is 1. The fraction of sp³-hybridized carbons (Fsp3) is 0.185. The standard InChI is InChI=1S/C27H24N2O4/c1-18-24(31)22-8-5-9-23(26(22)33-25(18)19-6-3-2-4-7-19)27(32)29-16-14-28(15-17-29)20-10-12-21(30)13-11-20/h2-13,30H,14-17H2,1H3. The molecule has 6 heteroatoms. The summed E-state index contributed by atoms with van der Waals surface area (Å²) in [6.45, 7) is 4.22. The summed E-state index contributed by atoms with van der Waals surface area (Å²) in [6.07, 6.45) is 0. The van der Waals surface area contributed by atoms with Gasteiger partial charge in [0.25, 0.3) is 5.91 Å². The molecule has 1 aliphatic heterocycles. The second-order valence-corrected chi connectivity index (χ2v) is 8.23. The van der Waals surface area contributed by atoms with Gasteiger partial charge in [0.1, 0.15) is 11.5 Å². The molecule has 0 atom stereocenters. The molecule has 4 aromatic rings. The minimum Gasteiger partial charge on any atom is -0.508 e. The van der Waals surface area contributed by atoms with Crippen LogP contribution in [-0.4, -0.2) is 42.1 Å². The molecule has 0 saturated carbocycles. The molecule has 1 N–H and O–H groups in total. The minimum absolute atomic E-state index is 0.123. The molecule has 1 fully saturated rings. The number of phenols is 1. The smallest absolute Gasteiger partial charge is 0.257 e. The average Bonchev–Trinajstić information content (AvgIpc) is 2.86. The Hall–Kier alpha value is -4.06. The van der Waals surface area contributed by atoms with Crippen LogP contribution in [0.2, 0.25) is 0 Å². The highest BCUT2D eigenvalue weighted by Crippen LogP contribution is 2.28. The Morgan fingerprint density at radius 2 is 1.58 bits per heavy atom. The molecule has 3 aromatic carbocycles. The molecular weight excluding hydrogens is 416 g/mol. The summed E-state index contributed by atoms with van der Waals surface area (Å²) in [5, 5.41) is 9.93. The lowest BCUT2D eigenvalue weighted by molar-refractivity contribution is 0.0747. The molecule has 0 unspecified atom stereocenters. The van der Waals surface area contributed by atoms with Crippen LogP contribution in [0.25, 0.3) is 22.3 Å². The molecule has 5 rings (SSSR count). The number of aromatic hydroxyl groups is 1. The Bertz CT molecular complexity index is 1370. The number of carbonyl (C=O) groups excluding carboxylic acids is 1. The zero-order valence-corrected chi connectivity index (χ0v) is 18.3. The number of piperazine rings is 1. The van der Waals surface area contributed by atoms with E-state index in [1.54, 1.807) is 42.2 Å². The molecule has 1 saturated heterocycles. The van der Waals surface area contributed by atoms with E-state index in [0.29, 0.717) is 54.0 Å². The number of hydrogen-bond acceptors (Lipinski definition) is 5. The third-order valence-corrected chi connectivity index (χ3v) is 6.19. The second kappa shape index (κ2) is 8.47. The van der Waals surface area contributed by atoms with Crippen molar-refractivity contribution in [2.24, 2.45) is 0 Å². The third-order valence-electron chi connectivity index (χ3n) is 6.19. The number of hydrogen-bond donors (Lipinski definition) is 1. The quantitative estimate of drug-likeness (QED) is 0.510. The third kappa shape index (κ3) is 3.84. The Morgan fingerprint density at radius 3 is 2.27 bits per heavy atom. The first-order valence-corrected chi connectivity index (χ1v) is 11.0. The van der Waals surface area contributed by atoms with Crippen molar-refractivity contribution in [2.75, 3.05) is 31.1 Å². The summed E-state index contributed by atoms with van der Waals surface area (Å²) < 4.78 is 6.22. The molecule has 0 spiro atoms. The summed E-state index contributed by atoms with van der Waals surface area (Å²) in [5.41, 5.74) is 2.96. The van der Waals surface area contributed by atoms with Crippen molar-refractivity contribution in [3.05, 3.63) is 94.1 Å².